The molecule has 4 aromatic rings. The molecule has 11 heteroatoms. The topological polar surface area (TPSA) is 108 Å². The number of esters is 1. The first-order chi connectivity index (χ1) is 20.3. The maximum Gasteiger partial charge on any atom is 0.350 e. The van der Waals surface area contributed by atoms with Crippen LogP contribution in [0.4, 0.5) is 9.52 Å². The predicted molar refractivity (Wildman–Crippen MR) is 157 cm³/mol. The van der Waals surface area contributed by atoms with Crippen molar-refractivity contribution < 1.29 is 32.6 Å². The number of aromatic nitrogens is 1. The Balaban J connectivity index is 1.68. The largest absolute Gasteiger partial charge is 0.490 e. The third kappa shape index (κ3) is 5.36. The lowest BCUT2D eigenvalue weighted by molar-refractivity contribution is 0.0531. The number of halogens is 1. The molecule has 42 heavy (non-hydrogen) atoms. The van der Waals surface area contributed by atoms with Crippen LogP contribution in [0.5, 0.6) is 11.5 Å². The van der Waals surface area contributed by atoms with Crippen LogP contribution in [-0.4, -0.2) is 36.7 Å². The van der Waals surface area contributed by atoms with Crippen molar-refractivity contribution >= 4 is 39.3 Å². The molecule has 2 aromatic heterocycles. The molecule has 9 nitrogen and oxygen atoms in total. The summed E-state index contributed by atoms with van der Waals surface area (Å²) in [6, 6.07) is 7.80. The number of nitrogens with zero attached hydrogens (tertiary/aromatic N) is 2. The molecular formula is C31H31FN2O7S. The molecule has 0 N–H and O–H groups in total. The number of carbonyl (C=O) groups is 2. The molecule has 5 rings (SSSR count). The summed E-state index contributed by atoms with van der Waals surface area (Å²) in [5, 5.41) is 0.196. The predicted octanol–water partition coefficient (Wildman–Crippen LogP) is 6.59. The van der Waals surface area contributed by atoms with Crippen LogP contribution in [0.15, 0.2) is 45.6 Å². The average Bonchev–Trinajstić information content (AvgIpc) is 3.49. The van der Waals surface area contributed by atoms with Gasteiger partial charge in [-0.25, -0.2) is 14.2 Å². The SMILES string of the molecule is CCCCCOc1ccc(C2c3c(oc4ccc(F)cc4c3=O)C(=O)N2c2nc(C)c(C(=O)OCC)s2)cc1OCC. The number of thiazole rings is 1. The highest BCUT2D eigenvalue weighted by molar-refractivity contribution is 7.17. The van der Waals surface area contributed by atoms with E-state index < -0.39 is 29.2 Å². The lowest BCUT2D eigenvalue weighted by atomic mass is 9.98. The van der Waals surface area contributed by atoms with Gasteiger partial charge in [0.1, 0.15) is 16.3 Å². The normalized spacial score (nSPS) is 14.4. The first-order valence-electron chi connectivity index (χ1n) is 13.9. The van der Waals surface area contributed by atoms with E-state index in [1.165, 1.54) is 11.0 Å². The summed E-state index contributed by atoms with van der Waals surface area (Å²) in [6.45, 7) is 8.35. The first kappa shape index (κ1) is 29.2. The number of anilines is 1. The highest BCUT2D eigenvalue weighted by Gasteiger charge is 2.45. The Kier molecular flexibility index (Phi) is 8.58. The van der Waals surface area contributed by atoms with E-state index in [0.717, 1.165) is 42.7 Å². The molecule has 220 valence electrons. The number of amides is 1. The van der Waals surface area contributed by atoms with E-state index in [9.17, 15) is 18.8 Å². The minimum absolute atomic E-state index is 0.0110. The van der Waals surface area contributed by atoms with Crippen molar-refractivity contribution in [1.82, 2.24) is 4.98 Å². The van der Waals surface area contributed by atoms with E-state index in [-0.39, 0.29) is 38.9 Å². The van der Waals surface area contributed by atoms with Crippen molar-refractivity contribution in [1.29, 1.82) is 0 Å². The highest BCUT2D eigenvalue weighted by atomic mass is 32.1. The summed E-state index contributed by atoms with van der Waals surface area (Å²) in [5.41, 5.74) is 0.502. The number of ether oxygens (including phenoxy) is 3. The van der Waals surface area contributed by atoms with Crippen molar-refractivity contribution in [2.45, 2.75) is 53.0 Å². The zero-order chi connectivity index (χ0) is 30.0. The molecule has 1 aliphatic rings. The smallest absolute Gasteiger partial charge is 0.350 e. The van der Waals surface area contributed by atoms with Crippen LogP contribution in [0.2, 0.25) is 0 Å². The summed E-state index contributed by atoms with van der Waals surface area (Å²) >= 11 is 0.983. The Labute approximate surface area is 245 Å². The lowest BCUT2D eigenvalue weighted by Gasteiger charge is -2.23. The third-order valence-electron chi connectivity index (χ3n) is 6.87. The van der Waals surface area contributed by atoms with Crippen molar-refractivity contribution in [3.8, 4) is 11.5 Å². The van der Waals surface area contributed by atoms with Crippen LogP contribution >= 0.6 is 11.3 Å². The summed E-state index contributed by atoms with van der Waals surface area (Å²) in [6.07, 6.45) is 2.98. The van der Waals surface area contributed by atoms with Crippen LogP contribution in [0.25, 0.3) is 11.0 Å². The fraction of sp³-hybridized carbons (Fsp3) is 0.355. The van der Waals surface area contributed by atoms with Crippen LogP contribution in [0.1, 0.15) is 83.1 Å². The zero-order valence-electron chi connectivity index (χ0n) is 23.8. The van der Waals surface area contributed by atoms with Crippen molar-refractivity contribution in [2.75, 3.05) is 24.7 Å². The Morgan fingerprint density at radius 3 is 2.60 bits per heavy atom. The van der Waals surface area contributed by atoms with Gasteiger partial charge < -0.3 is 18.6 Å². The molecule has 0 bridgehead atoms. The first-order valence-corrected chi connectivity index (χ1v) is 14.7. The number of carbonyl (C=O) groups excluding carboxylic acids is 2. The van der Waals surface area contributed by atoms with Gasteiger partial charge in [-0.1, -0.05) is 37.2 Å². The number of hydrogen-bond donors (Lipinski definition) is 0. The maximum absolute atomic E-state index is 14.2. The molecule has 0 aliphatic carbocycles. The molecule has 0 fully saturated rings. The van der Waals surface area contributed by atoms with Crippen molar-refractivity contribution in [3.05, 3.63) is 79.9 Å². The molecule has 0 saturated carbocycles. The highest BCUT2D eigenvalue weighted by Crippen LogP contribution is 2.45. The number of hydrogen-bond acceptors (Lipinski definition) is 9. The molecule has 3 heterocycles. The standard InChI is InChI=1S/C31H31FN2O7S/c1-5-8-9-14-40-22-12-10-18(15-23(22)38-6-2)25-24-26(35)20-16-19(32)11-13-21(20)41-27(24)29(36)34(25)31-33-17(4)28(42-31)30(37)39-7-3/h10-13,15-16,25H,5-9,14H2,1-4H3. The number of fused-ring (bicyclic) bond motifs is 2. The van der Waals surface area contributed by atoms with E-state index in [1.807, 2.05) is 6.92 Å². The molecule has 2 aromatic carbocycles. The van der Waals surface area contributed by atoms with Crippen LogP contribution in [0, 0.1) is 12.7 Å². The molecule has 1 unspecified atom stereocenters. The third-order valence-corrected chi connectivity index (χ3v) is 8.01. The second-order valence-corrected chi connectivity index (χ2v) is 10.7. The summed E-state index contributed by atoms with van der Waals surface area (Å²) in [7, 11) is 0. The average molecular weight is 595 g/mol. The van der Waals surface area contributed by atoms with Gasteiger partial charge in [0.05, 0.1) is 42.5 Å². The van der Waals surface area contributed by atoms with Gasteiger partial charge in [-0.15, -0.1) is 0 Å². The van der Waals surface area contributed by atoms with Crippen molar-refractivity contribution in [2.24, 2.45) is 0 Å². The maximum atomic E-state index is 14.2. The lowest BCUT2D eigenvalue weighted by Crippen LogP contribution is -2.29. The minimum Gasteiger partial charge on any atom is -0.490 e. The van der Waals surface area contributed by atoms with Crippen molar-refractivity contribution in [3.63, 3.8) is 0 Å². The van der Waals surface area contributed by atoms with E-state index in [2.05, 4.69) is 11.9 Å². The molecule has 1 amide bonds. The second kappa shape index (κ2) is 12.3. The monoisotopic (exact) mass is 594 g/mol. The quantitative estimate of drug-likeness (QED) is 0.141. The van der Waals surface area contributed by atoms with Gasteiger partial charge in [0.15, 0.2) is 22.1 Å². The number of rotatable bonds is 11. The number of aryl methyl sites for hydroxylation is 1. The molecule has 0 saturated heterocycles. The number of unbranched alkanes of at least 4 members (excludes halogenated alkanes) is 2. The second-order valence-electron chi connectivity index (χ2n) is 9.72. The van der Waals surface area contributed by atoms with Gasteiger partial charge in [0.25, 0.3) is 5.91 Å². The Morgan fingerprint density at radius 1 is 1.05 bits per heavy atom. The molecule has 1 atom stereocenters. The van der Waals surface area contributed by atoms with Gasteiger partial charge in [-0.2, -0.15) is 0 Å². The Bertz CT molecular complexity index is 1710. The summed E-state index contributed by atoms with van der Waals surface area (Å²) in [5.74, 6) is -0.961. The number of benzene rings is 2. The molecule has 0 spiro atoms. The van der Waals surface area contributed by atoms with Crippen LogP contribution in [-0.2, 0) is 4.74 Å². The van der Waals surface area contributed by atoms with Gasteiger partial charge in [0, 0.05) is 0 Å². The minimum atomic E-state index is -0.995. The fourth-order valence-corrected chi connectivity index (χ4v) is 5.93. The van der Waals surface area contributed by atoms with Crippen LogP contribution in [0.3, 0.4) is 0 Å². The molecular weight excluding hydrogens is 563 g/mol. The van der Waals surface area contributed by atoms with Gasteiger partial charge >= 0.3 is 5.97 Å². The van der Waals surface area contributed by atoms with E-state index in [4.69, 9.17) is 18.6 Å². The fourth-order valence-electron chi connectivity index (χ4n) is 4.95. The molecule has 1 aliphatic heterocycles. The summed E-state index contributed by atoms with van der Waals surface area (Å²) < 4.78 is 37.2. The molecule has 0 radical (unpaired) electrons. The van der Waals surface area contributed by atoms with Gasteiger partial charge in [0.2, 0.25) is 5.76 Å². The van der Waals surface area contributed by atoms with Crippen LogP contribution < -0.4 is 19.8 Å². The van der Waals surface area contributed by atoms with E-state index in [0.29, 0.717) is 36.0 Å². The Morgan fingerprint density at radius 2 is 1.86 bits per heavy atom. The van der Waals surface area contributed by atoms with E-state index >= 15 is 0 Å². The van der Waals surface area contributed by atoms with E-state index in [1.54, 1.807) is 32.0 Å². The van der Waals surface area contributed by atoms with Gasteiger partial charge in [-0.3, -0.25) is 14.5 Å². The van der Waals surface area contributed by atoms with Gasteiger partial charge in [-0.05, 0) is 63.1 Å². The summed E-state index contributed by atoms with van der Waals surface area (Å²) in [4.78, 5) is 46.5. The Hall–Kier alpha value is -4.25. The zero-order valence-corrected chi connectivity index (χ0v) is 24.6.